The molecule has 1 aliphatic rings. The van der Waals surface area contributed by atoms with Crippen LogP contribution in [0.4, 0.5) is 0 Å². The van der Waals surface area contributed by atoms with Gasteiger partial charge in [-0.25, -0.2) is 0 Å². The minimum absolute atomic E-state index is 0.133. The Morgan fingerprint density at radius 1 is 1.17 bits per heavy atom. The Hall–Kier alpha value is -2.29. The fourth-order valence-electron chi connectivity index (χ4n) is 3.44. The van der Waals surface area contributed by atoms with E-state index in [2.05, 4.69) is 29.6 Å². The molecule has 3 heteroatoms. The molecule has 1 N–H and O–H groups in total. The Kier molecular flexibility index (Phi) is 5.52. The van der Waals surface area contributed by atoms with Crippen LogP contribution < -0.4 is 10.1 Å². The third-order valence-corrected chi connectivity index (χ3v) is 4.84. The molecule has 0 radical (unpaired) electrons. The van der Waals surface area contributed by atoms with Crippen LogP contribution in [-0.2, 0) is 17.6 Å². The summed E-state index contributed by atoms with van der Waals surface area (Å²) >= 11 is 0. The molecule has 0 unspecified atom stereocenters. The van der Waals surface area contributed by atoms with Crippen LogP contribution in [0.15, 0.2) is 48.5 Å². The largest absolute Gasteiger partial charge is 0.497 e. The van der Waals surface area contributed by atoms with Crippen molar-refractivity contribution >= 4 is 5.91 Å². The second kappa shape index (κ2) is 8.00. The number of carbonyl (C=O) groups is 1. The van der Waals surface area contributed by atoms with Crippen molar-refractivity contribution in [3.63, 3.8) is 0 Å². The molecule has 2 aromatic rings. The van der Waals surface area contributed by atoms with Crippen LogP contribution in [0, 0.1) is 0 Å². The predicted molar refractivity (Wildman–Crippen MR) is 96.4 cm³/mol. The van der Waals surface area contributed by atoms with Crippen molar-refractivity contribution in [2.75, 3.05) is 13.7 Å². The van der Waals surface area contributed by atoms with E-state index in [9.17, 15) is 4.79 Å². The molecule has 3 nitrogen and oxygen atoms in total. The van der Waals surface area contributed by atoms with E-state index in [0.717, 1.165) is 37.1 Å². The Morgan fingerprint density at radius 3 is 2.75 bits per heavy atom. The summed E-state index contributed by atoms with van der Waals surface area (Å²) in [6.45, 7) is 0.748. The molecule has 3 rings (SSSR count). The fraction of sp³-hybridized carbons (Fsp3) is 0.381. The van der Waals surface area contributed by atoms with Crippen LogP contribution in [-0.4, -0.2) is 19.6 Å². The van der Waals surface area contributed by atoms with Gasteiger partial charge in [0.05, 0.1) is 7.11 Å². The number of ether oxygens (including phenoxy) is 1. The lowest BCUT2D eigenvalue weighted by Crippen LogP contribution is -2.30. The number of benzene rings is 2. The fourth-order valence-corrected chi connectivity index (χ4v) is 3.44. The SMILES string of the molecule is COc1ccc(CCC(=O)NC[C@@H]2CCCc3ccccc32)cc1. The van der Waals surface area contributed by atoms with E-state index in [0.29, 0.717) is 12.3 Å². The number of nitrogens with one attached hydrogen (secondary N) is 1. The summed E-state index contributed by atoms with van der Waals surface area (Å²) in [7, 11) is 1.66. The maximum absolute atomic E-state index is 12.2. The summed E-state index contributed by atoms with van der Waals surface area (Å²) in [6, 6.07) is 16.5. The monoisotopic (exact) mass is 323 g/mol. The molecule has 0 spiro atoms. The number of hydrogen-bond acceptors (Lipinski definition) is 2. The predicted octanol–water partition coefficient (Wildman–Crippen LogP) is 3.86. The molecular weight excluding hydrogens is 298 g/mol. The second-order valence-corrected chi connectivity index (χ2v) is 6.44. The molecule has 0 fully saturated rings. The molecule has 0 saturated heterocycles. The average Bonchev–Trinajstić information content (AvgIpc) is 2.65. The first-order valence-corrected chi connectivity index (χ1v) is 8.73. The third kappa shape index (κ3) is 4.16. The van der Waals surface area contributed by atoms with Gasteiger partial charge in [-0.05, 0) is 54.5 Å². The minimum atomic E-state index is 0.133. The van der Waals surface area contributed by atoms with Crippen molar-refractivity contribution < 1.29 is 9.53 Å². The molecule has 24 heavy (non-hydrogen) atoms. The number of amides is 1. The van der Waals surface area contributed by atoms with Crippen molar-refractivity contribution in [1.82, 2.24) is 5.32 Å². The van der Waals surface area contributed by atoms with Crippen molar-refractivity contribution in [3.8, 4) is 5.75 Å². The Balaban J connectivity index is 1.47. The first-order chi connectivity index (χ1) is 11.8. The van der Waals surface area contributed by atoms with Crippen LogP contribution in [0.3, 0.4) is 0 Å². The molecule has 1 amide bonds. The Morgan fingerprint density at radius 2 is 1.96 bits per heavy atom. The zero-order valence-corrected chi connectivity index (χ0v) is 14.3. The zero-order valence-electron chi connectivity index (χ0n) is 14.3. The molecular formula is C21H25NO2. The van der Waals surface area contributed by atoms with Crippen LogP contribution >= 0.6 is 0 Å². The van der Waals surface area contributed by atoms with E-state index in [4.69, 9.17) is 4.74 Å². The average molecular weight is 323 g/mol. The quantitative estimate of drug-likeness (QED) is 0.876. The second-order valence-electron chi connectivity index (χ2n) is 6.44. The lowest BCUT2D eigenvalue weighted by atomic mass is 9.83. The molecule has 0 bridgehead atoms. The lowest BCUT2D eigenvalue weighted by Gasteiger charge is -2.25. The number of aryl methyl sites for hydroxylation is 2. The van der Waals surface area contributed by atoms with Crippen molar-refractivity contribution in [2.45, 2.75) is 38.0 Å². The summed E-state index contributed by atoms with van der Waals surface area (Å²) in [5.41, 5.74) is 4.02. The van der Waals surface area contributed by atoms with E-state index in [-0.39, 0.29) is 5.91 Å². The van der Waals surface area contributed by atoms with Crippen molar-refractivity contribution in [1.29, 1.82) is 0 Å². The summed E-state index contributed by atoms with van der Waals surface area (Å²) < 4.78 is 5.15. The number of fused-ring (bicyclic) bond motifs is 1. The first kappa shape index (κ1) is 16.6. The highest BCUT2D eigenvalue weighted by molar-refractivity contribution is 5.76. The van der Waals surface area contributed by atoms with Gasteiger partial charge >= 0.3 is 0 Å². The normalized spacial score (nSPS) is 16.3. The minimum Gasteiger partial charge on any atom is -0.497 e. The van der Waals surface area contributed by atoms with E-state index < -0.39 is 0 Å². The highest BCUT2D eigenvalue weighted by Gasteiger charge is 2.20. The highest BCUT2D eigenvalue weighted by Crippen LogP contribution is 2.30. The van der Waals surface area contributed by atoms with Gasteiger partial charge in [-0.2, -0.15) is 0 Å². The first-order valence-electron chi connectivity index (χ1n) is 8.73. The Bertz CT molecular complexity index is 678. The number of carbonyl (C=O) groups excluding carboxylic acids is 1. The van der Waals surface area contributed by atoms with E-state index in [1.165, 1.54) is 17.5 Å². The van der Waals surface area contributed by atoms with E-state index >= 15 is 0 Å². The highest BCUT2D eigenvalue weighted by atomic mass is 16.5. The van der Waals surface area contributed by atoms with Crippen LogP contribution in [0.5, 0.6) is 5.75 Å². The summed E-state index contributed by atoms with van der Waals surface area (Å²) in [6.07, 6.45) is 4.83. The van der Waals surface area contributed by atoms with Gasteiger partial charge in [-0.15, -0.1) is 0 Å². The van der Waals surface area contributed by atoms with Crippen LogP contribution in [0.2, 0.25) is 0 Å². The Labute approximate surface area is 144 Å². The smallest absolute Gasteiger partial charge is 0.220 e. The number of methoxy groups -OCH3 is 1. The van der Waals surface area contributed by atoms with Gasteiger partial charge in [-0.3, -0.25) is 4.79 Å². The molecule has 0 heterocycles. The molecule has 0 saturated carbocycles. The van der Waals surface area contributed by atoms with Gasteiger partial charge in [0.1, 0.15) is 5.75 Å². The number of rotatable bonds is 6. The van der Waals surface area contributed by atoms with Gasteiger partial charge in [0.15, 0.2) is 0 Å². The summed E-state index contributed by atoms with van der Waals surface area (Å²) in [5, 5.41) is 3.12. The molecule has 0 aliphatic heterocycles. The van der Waals surface area contributed by atoms with Gasteiger partial charge in [0.25, 0.3) is 0 Å². The maximum Gasteiger partial charge on any atom is 0.220 e. The third-order valence-electron chi connectivity index (χ3n) is 4.84. The van der Waals surface area contributed by atoms with E-state index in [1.54, 1.807) is 7.11 Å². The van der Waals surface area contributed by atoms with Gasteiger partial charge in [-0.1, -0.05) is 36.4 Å². The lowest BCUT2D eigenvalue weighted by molar-refractivity contribution is -0.121. The molecule has 2 aromatic carbocycles. The zero-order chi connectivity index (χ0) is 16.8. The molecule has 0 aromatic heterocycles. The summed E-state index contributed by atoms with van der Waals surface area (Å²) in [4.78, 5) is 12.2. The van der Waals surface area contributed by atoms with E-state index in [1.807, 2.05) is 24.3 Å². The van der Waals surface area contributed by atoms with Crippen LogP contribution in [0.25, 0.3) is 0 Å². The van der Waals surface area contributed by atoms with Gasteiger partial charge in [0.2, 0.25) is 5.91 Å². The summed E-state index contributed by atoms with van der Waals surface area (Å²) in [5.74, 6) is 1.44. The van der Waals surface area contributed by atoms with Crippen molar-refractivity contribution in [2.24, 2.45) is 0 Å². The topological polar surface area (TPSA) is 38.3 Å². The standard InChI is InChI=1S/C21H25NO2/c1-24-19-12-9-16(10-13-19)11-14-21(23)22-15-18-7-4-6-17-5-2-3-8-20(17)18/h2-3,5,8-10,12-13,18H,4,6-7,11,14-15H2,1H3,(H,22,23)/t18-/m0/s1. The van der Waals surface area contributed by atoms with Gasteiger partial charge in [0, 0.05) is 18.9 Å². The van der Waals surface area contributed by atoms with Gasteiger partial charge < -0.3 is 10.1 Å². The molecule has 1 atom stereocenters. The molecule has 1 aliphatic carbocycles. The van der Waals surface area contributed by atoms with Crippen LogP contribution in [0.1, 0.15) is 41.9 Å². The molecule has 126 valence electrons. The number of hydrogen-bond donors (Lipinski definition) is 1. The van der Waals surface area contributed by atoms with Crippen molar-refractivity contribution in [3.05, 3.63) is 65.2 Å². The maximum atomic E-state index is 12.2.